The summed E-state index contributed by atoms with van der Waals surface area (Å²) in [6, 6.07) is 4.63. The standard InChI is InChI=1S/C19H20BrCl2N3O2/c1-14(4-5-15-6-7-16(21)17(22)13-15)23-19(27)25-11-9-24(10-12-25)18(26)3-2-8-20/h2-3,6-7,13-14H,8-12H2,1H3,(H,23,27)/b3-2+. The normalized spacial score (nSPS) is 15.3. The van der Waals surface area contributed by atoms with Crippen molar-refractivity contribution < 1.29 is 9.59 Å². The Kier molecular flexibility index (Phi) is 8.49. The number of carbonyl (C=O) groups is 2. The van der Waals surface area contributed by atoms with Gasteiger partial charge in [-0.15, -0.1) is 0 Å². The summed E-state index contributed by atoms with van der Waals surface area (Å²) < 4.78 is 0. The molecule has 0 aromatic heterocycles. The minimum Gasteiger partial charge on any atom is -0.336 e. The Hall–Kier alpha value is -1.68. The highest BCUT2D eigenvalue weighted by atomic mass is 79.9. The van der Waals surface area contributed by atoms with E-state index >= 15 is 0 Å². The van der Waals surface area contributed by atoms with Crippen LogP contribution in [0, 0.1) is 11.8 Å². The molecular formula is C19H20BrCl2N3O2. The second-order valence-electron chi connectivity index (χ2n) is 5.94. The summed E-state index contributed by atoms with van der Waals surface area (Å²) in [6.07, 6.45) is 3.31. The minimum atomic E-state index is -0.325. The summed E-state index contributed by atoms with van der Waals surface area (Å²) in [4.78, 5) is 27.7. The number of nitrogens with zero attached hydrogens (tertiary/aromatic N) is 2. The number of piperazine rings is 1. The van der Waals surface area contributed by atoms with Gasteiger partial charge in [-0.05, 0) is 31.2 Å². The minimum absolute atomic E-state index is 0.0321. The van der Waals surface area contributed by atoms with E-state index in [1.165, 1.54) is 0 Å². The Morgan fingerprint density at radius 2 is 1.89 bits per heavy atom. The van der Waals surface area contributed by atoms with Gasteiger partial charge in [0.15, 0.2) is 0 Å². The Morgan fingerprint density at radius 3 is 2.52 bits per heavy atom. The molecule has 27 heavy (non-hydrogen) atoms. The number of nitrogens with one attached hydrogen (secondary N) is 1. The highest BCUT2D eigenvalue weighted by Gasteiger charge is 2.23. The van der Waals surface area contributed by atoms with Gasteiger partial charge in [0, 0.05) is 37.1 Å². The van der Waals surface area contributed by atoms with Gasteiger partial charge in [0.05, 0.1) is 16.1 Å². The average Bonchev–Trinajstić information content (AvgIpc) is 2.67. The van der Waals surface area contributed by atoms with Crippen molar-refractivity contribution in [3.63, 3.8) is 0 Å². The first-order chi connectivity index (χ1) is 12.9. The third-order valence-electron chi connectivity index (χ3n) is 3.92. The van der Waals surface area contributed by atoms with E-state index in [4.69, 9.17) is 23.2 Å². The molecule has 3 amide bonds. The van der Waals surface area contributed by atoms with Gasteiger partial charge in [-0.3, -0.25) is 4.79 Å². The van der Waals surface area contributed by atoms with E-state index in [1.807, 2.05) is 6.92 Å². The fourth-order valence-corrected chi connectivity index (χ4v) is 2.94. The van der Waals surface area contributed by atoms with Gasteiger partial charge in [-0.25, -0.2) is 4.79 Å². The van der Waals surface area contributed by atoms with Crippen LogP contribution in [0.1, 0.15) is 12.5 Å². The van der Waals surface area contributed by atoms with Gasteiger partial charge in [0.1, 0.15) is 0 Å². The molecule has 1 aromatic rings. The summed E-state index contributed by atoms with van der Waals surface area (Å²) in [5.41, 5.74) is 0.731. The van der Waals surface area contributed by atoms with E-state index in [2.05, 4.69) is 33.1 Å². The summed E-state index contributed by atoms with van der Waals surface area (Å²) >= 11 is 15.1. The number of rotatable bonds is 3. The first-order valence-corrected chi connectivity index (χ1v) is 10.3. The zero-order chi connectivity index (χ0) is 19.8. The Morgan fingerprint density at radius 1 is 1.22 bits per heavy atom. The third kappa shape index (κ3) is 6.76. The summed E-state index contributed by atoms with van der Waals surface area (Å²) in [7, 11) is 0. The van der Waals surface area contributed by atoms with Crippen LogP contribution in [0.5, 0.6) is 0 Å². The number of hydrogen-bond acceptors (Lipinski definition) is 2. The van der Waals surface area contributed by atoms with E-state index in [-0.39, 0.29) is 18.0 Å². The summed E-state index contributed by atoms with van der Waals surface area (Å²) in [6.45, 7) is 3.83. The molecule has 5 nitrogen and oxygen atoms in total. The van der Waals surface area contributed by atoms with Crippen LogP contribution in [0.4, 0.5) is 4.79 Å². The van der Waals surface area contributed by atoms with Crippen LogP contribution < -0.4 is 5.32 Å². The van der Waals surface area contributed by atoms with Crippen LogP contribution in [0.15, 0.2) is 30.4 Å². The molecule has 0 spiro atoms. The first kappa shape index (κ1) is 21.6. The van der Waals surface area contributed by atoms with Crippen molar-refractivity contribution in [2.45, 2.75) is 13.0 Å². The largest absolute Gasteiger partial charge is 0.336 e. The van der Waals surface area contributed by atoms with Crippen LogP contribution in [-0.2, 0) is 4.79 Å². The van der Waals surface area contributed by atoms with Gasteiger partial charge >= 0.3 is 6.03 Å². The van der Waals surface area contributed by atoms with Crippen LogP contribution in [0.25, 0.3) is 0 Å². The van der Waals surface area contributed by atoms with Crippen molar-refractivity contribution in [2.24, 2.45) is 0 Å². The first-order valence-electron chi connectivity index (χ1n) is 8.44. The van der Waals surface area contributed by atoms with Crippen molar-refractivity contribution in [3.05, 3.63) is 46.0 Å². The molecular weight excluding hydrogens is 453 g/mol. The average molecular weight is 473 g/mol. The van der Waals surface area contributed by atoms with E-state index in [9.17, 15) is 9.59 Å². The third-order valence-corrected chi connectivity index (χ3v) is 5.03. The van der Waals surface area contributed by atoms with E-state index < -0.39 is 0 Å². The molecule has 1 aliphatic heterocycles. The van der Waals surface area contributed by atoms with Crippen molar-refractivity contribution in [2.75, 3.05) is 31.5 Å². The number of halogens is 3. The molecule has 1 aliphatic rings. The van der Waals surface area contributed by atoms with Crippen LogP contribution in [0.3, 0.4) is 0 Å². The van der Waals surface area contributed by atoms with Crippen molar-refractivity contribution in [1.82, 2.24) is 15.1 Å². The van der Waals surface area contributed by atoms with Gasteiger partial charge in [0.25, 0.3) is 0 Å². The highest BCUT2D eigenvalue weighted by Crippen LogP contribution is 2.22. The van der Waals surface area contributed by atoms with E-state index in [0.717, 1.165) is 5.56 Å². The van der Waals surface area contributed by atoms with Gasteiger partial charge < -0.3 is 15.1 Å². The monoisotopic (exact) mass is 471 g/mol. The quantitative estimate of drug-likeness (QED) is 0.415. The molecule has 144 valence electrons. The molecule has 0 aliphatic carbocycles. The SMILES string of the molecule is CC(C#Cc1ccc(Cl)c(Cl)c1)NC(=O)N1CCN(C(=O)/C=C/CBr)CC1. The lowest BCUT2D eigenvalue weighted by Crippen LogP contribution is -2.54. The van der Waals surface area contributed by atoms with Crippen molar-refractivity contribution in [1.29, 1.82) is 0 Å². The lowest BCUT2D eigenvalue weighted by Gasteiger charge is -2.34. The highest BCUT2D eigenvalue weighted by molar-refractivity contribution is 9.09. The van der Waals surface area contributed by atoms with Gasteiger partial charge in [-0.1, -0.05) is 57.0 Å². The van der Waals surface area contributed by atoms with Crippen molar-refractivity contribution in [3.8, 4) is 11.8 Å². The molecule has 1 aromatic carbocycles. The van der Waals surface area contributed by atoms with Crippen LogP contribution in [-0.4, -0.2) is 59.3 Å². The van der Waals surface area contributed by atoms with Gasteiger partial charge in [0.2, 0.25) is 5.91 Å². The number of alkyl halides is 1. The zero-order valence-corrected chi connectivity index (χ0v) is 17.9. The molecule has 1 atom stereocenters. The molecule has 2 rings (SSSR count). The molecule has 1 unspecified atom stereocenters. The molecule has 1 fully saturated rings. The second-order valence-corrected chi connectivity index (χ2v) is 7.40. The van der Waals surface area contributed by atoms with Crippen LogP contribution >= 0.6 is 39.1 Å². The van der Waals surface area contributed by atoms with Crippen LogP contribution in [0.2, 0.25) is 10.0 Å². The molecule has 1 saturated heterocycles. The predicted molar refractivity (Wildman–Crippen MR) is 112 cm³/mol. The fourth-order valence-electron chi connectivity index (χ4n) is 2.46. The van der Waals surface area contributed by atoms with Crippen molar-refractivity contribution >= 4 is 51.1 Å². The molecule has 1 N–H and O–H groups in total. The molecule has 0 radical (unpaired) electrons. The van der Waals surface area contributed by atoms with Gasteiger partial charge in [-0.2, -0.15) is 0 Å². The summed E-state index contributed by atoms with van der Waals surface area (Å²) in [5.74, 6) is 5.92. The fraction of sp³-hybridized carbons (Fsp3) is 0.368. The van der Waals surface area contributed by atoms with E-state index in [1.54, 1.807) is 40.2 Å². The lowest BCUT2D eigenvalue weighted by atomic mass is 10.2. The smallest absolute Gasteiger partial charge is 0.318 e. The number of urea groups is 1. The molecule has 8 heteroatoms. The Bertz CT molecular complexity index is 781. The molecule has 0 saturated carbocycles. The number of amides is 3. The number of carbonyl (C=O) groups excluding carboxylic acids is 2. The lowest BCUT2D eigenvalue weighted by molar-refractivity contribution is -0.127. The Balaban J connectivity index is 1.83. The number of benzene rings is 1. The maximum atomic E-state index is 12.4. The zero-order valence-electron chi connectivity index (χ0n) is 14.8. The topological polar surface area (TPSA) is 52.7 Å². The maximum Gasteiger partial charge on any atom is 0.318 e. The molecule has 0 bridgehead atoms. The predicted octanol–water partition coefficient (Wildman–Crippen LogP) is 3.54. The second kappa shape index (κ2) is 10.6. The maximum absolute atomic E-state index is 12.4. The number of allylic oxidation sites excluding steroid dienone is 1. The summed E-state index contributed by atoms with van der Waals surface area (Å²) in [5, 5.41) is 4.41. The Labute approximate surface area is 177 Å². The van der Waals surface area contributed by atoms with E-state index in [0.29, 0.717) is 41.6 Å². The number of hydrogen-bond donors (Lipinski definition) is 1. The molecule has 1 heterocycles.